The lowest BCUT2D eigenvalue weighted by atomic mass is 10.2. The number of halogens is 1. The third-order valence-corrected chi connectivity index (χ3v) is 4.99. The van der Waals surface area contributed by atoms with Gasteiger partial charge in [-0.15, -0.1) is 0 Å². The Morgan fingerprint density at radius 2 is 1.60 bits per heavy atom. The van der Waals surface area contributed by atoms with E-state index in [1.165, 1.54) is 10.5 Å². The third kappa shape index (κ3) is 5.85. The van der Waals surface area contributed by atoms with Crippen molar-refractivity contribution in [2.24, 2.45) is 0 Å². The van der Waals surface area contributed by atoms with Crippen molar-refractivity contribution in [3.63, 3.8) is 0 Å². The summed E-state index contributed by atoms with van der Waals surface area (Å²) in [6, 6.07) is 18.2. The fourth-order valence-electron chi connectivity index (χ4n) is 3.33. The summed E-state index contributed by atoms with van der Waals surface area (Å²) in [5, 5.41) is 3.70. The van der Waals surface area contributed by atoms with Crippen LogP contribution in [0.25, 0.3) is 0 Å². The van der Waals surface area contributed by atoms with Crippen LogP contribution >= 0.6 is 11.6 Å². The molecule has 1 amide bonds. The highest BCUT2D eigenvalue weighted by Gasteiger charge is 2.24. The van der Waals surface area contributed by atoms with Gasteiger partial charge in [-0.25, -0.2) is 0 Å². The molecule has 3 N–H and O–H groups in total. The second-order valence-electron chi connectivity index (χ2n) is 6.75. The van der Waals surface area contributed by atoms with Gasteiger partial charge >= 0.3 is 0 Å². The first-order chi connectivity index (χ1) is 12.2. The molecule has 1 aliphatic rings. The average molecular weight is 360 g/mol. The van der Waals surface area contributed by atoms with Crippen molar-refractivity contribution in [3.05, 3.63) is 70.7 Å². The highest BCUT2D eigenvalue weighted by molar-refractivity contribution is 6.30. The molecule has 0 spiro atoms. The van der Waals surface area contributed by atoms with E-state index in [-0.39, 0.29) is 5.91 Å². The number of benzene rings is 2. The van der Waals surface area contributed by atoms with Crippen LogP contribution in [0.4, 0.5) is 0 Å². The van der Waals surface area contributed by atoms with Crippen molar-refractivity contribution in [2.45, 2.75) is 13.1 Å². The summed E-state index contributed by atoms with van der Waals surface area (Å²) < 4.78 is 0. The normalized spacial score (nSPS) is 20.2. The van der Waals surface area contributed by atoms with Crippen LogP contribution in [-0.4, -0.2) is 38.6 Å². The average Bonchev–Trinajstić information content (AvgIpc) is 2.63. The maximum atomic E-state index is 12.2. The van der Waals surface area contributed by atoms with Crippen LogP contribution in [0.15, 0.2) is 54.6 Å². The van der Waals surface area contributed by atoms with Gasteiger partial charge in [-0.3, -0.25) is 4.79 Å². The van der Waals surface area contributed by atoms with Gasteiger partial charge in [0.05, 0.1) is 0 Å². The zero-order valence-corrected chi connectivity index (χ0v) is 15.2. The number of quaternary nitrogens is 2. The van der Waals surface area contributed by atoms with Gasteiger partial charge in [0.1, 0.15) is 32.7 Å². The highest BCUT2D eigenvalue weighted by atomic mass is 35.5. The lowest BCUT2D eigenvalue weighted by Gasteiger charge is -2.29. The van der Waals surface area contributed by atoms with Crippen LogP contribution in [0, 0.1) is 0 Å². The number of nitrogens with one attached hydrogen (secondary N) is 3. The predicted molar refractivity (Wildman–Crippen MR) is 99.7 cm³/mol. The van der Waals surface area contributed by atoms with Crippen LogP contribution in [0.5, 0.6) is 0 Å². The number of hydrogen-bond donors (Lipinski definition) is 3. The topological polar surface area (TPSA) is 38.0 Å². The van der Waals surface area contributed by atoms with Crippen molar-refractivity contribution in [2.75, 3.05) is 32.7 Å². The molecule has 1 saturated heterocycles. The van der Waals surface area contributed by atoms with Gasteiger partial charge in [0.2, 0.25) is 0 Å². The molecule has 3 rings (SSSR count). The van der Waals surface area contributed by atoms with Gasteiger partial charge in [0.15, 0.2) is 6.54 Å². The molecule has 1 fully saturated rings. The minimum absolute atomic E-state index is 0.112. The lowest BCUT2D eigenvalue weighted by molar-refractivity contribution is -1.02. The van der Waals surface area contributed by atoms with E-state index in [1.807, 2.05) is 24.3 Å². The Hall–Kier alpha value is -1.88. The van der Waals surface area contributed by atoms with Crippen molar-refractivity contribution < 1.29 is 14.6 Å². The van der Waals surface area contributed by atoms with E-state index in [4.69, 9.17) is 11.6 Å². The fourth-order valence-corrected chi connectivity index (χ4v) is 3.55. The minimum Gasteiger partial charge on any atom is -0.347 e. The molecule has 2 aromatic rings. The smallest absolute Gasteiger partial charge is 0.275 e. The summed E-state index contributed by atoms with van der Waals surface area (Å²) in [7, 11) is 0. The second-order valence-corrected chi connectivity index (χ2v) is 7.18. The Morgan fingerprint density at radius 1 is 0.920 bits per heavy atom. The van der Waals surface area contributed by atoms with Crippen LogP contribution < -0.4 is 15.1 Å². The number of amides is 1. The zero-order valence-electron chi connectivity index (χ0n) is 14.4. The van der Waals surface area contributed by atoms with Gasteiger partial charge in [0, 0.05) is 17.1 Å². The molecule has 1 heterocycles. The Morgan fingerprint density at radius 3 is 2.32 bits per heavy atom. The highest BCUT2D eigenvalue weighted by Crippen LogP contribution is 2.09. The van der Waals surface area contributed by atoms with Gasteiger partial charge in [-0.1, -0.05) is 54.1 Å². The molecule has 1 aliphatic heterocycles. The molecule has 4 nitrogen and oxygen atoms in total. The molecule has 5 heteroatoms. The van der Waals surface area contributed by atoms with Gasteiger partial charge in [-0.2, -0.15) is 0 Å². The van der Waals surface area contributed by atoms with Crippen LogP contribution in [0.1, 0.15) is 11.1 Å². The van der Waals surface area contributed by atoms with E-state index in [0.29, 0.717) is 18.1 Å². The molecule has 0 aliphatic carbocycles. The fraction of sp³-hybridized carbons (Fsp3) is 0.350. The van der Waals surface area contributed by atoms with Crippen molar-refractivity contribution in [1.82, 2.24) is 5.32 Å². The third-order valence-electron chi connectivity index (χ3n) is 4.75. The number of piperazine rings is 1. The lowest BCUT2D eigenvalue weighted by Crippen LogP contribution is -3.28. The Kier molecular flexibility index (Phi) is 6.45. The first kappa shape index (κ1) is 17.9. The van der Waals surface area contributed by atoms with Crippen LogP contribution in [-0.2, 0) is 17.9 Å². The summed E-state index contributed by atoms with van der Waals surface area (Å²) in [4.78, 5) is 15.2. The second kappa shape index (κ2) is 8.99. The molecule has 25 heavy (non-hydrogen) atoms. The first-order valence-corrected chi connectivity index (χ1v) is 9.29. The number of rotatable bonds is 6. The monoisotopic (exact) mass is 359 g/mol. The minimum atomic E-state index is 0.112. The molecule has 0 saturated carbocycles. The largest absolute Gasteiger partial charge is 0.347 e. The zero-order chi connectivity index (χ0) is 17.5. The maximum absolute atomic E-state index is 12.2. The SMILES string of the molecule is O=C(C[NH+]1CC[NH+](Cc2ccccc2)CC1)NCc1cccc(Cl)c1. The van der Waals surface area contributed by atoms with E-state index in [1.54, 1.807) is 4.90 Å². The standard InChI is InChI=1S/C20H24ClN3O/c21-19-8-4-7-18(13-19)14-22-20(25)16-24-11-9-23(10-12-24)15-17-5-2-1-3-6-17/h1-8,13H,9-12,14-16H2,(H,22,25)/p+2. The molecule has 0 aromatic heterocycles. The summed E-state index contributed by atoms with van der Waals surface area (Å²) in [5.74, 6) is 0.112. The number of carbonyl (C=O) groups is 1. The van der Waals surface area contributed by atoms with E-state index >= 15 is 0 Å². The van der Waals surface area contributed by atoms with Crippen molar-refractivity contribution in [3.8, 4) is 0 Å². The molecule has 132 valence electrons. The molecule has 0 bridgehead atoms. The van der Waals surface area contributed by atoms with E-state index < -0.39 is 0 Å². The number of hydrogen-bond acceptors (Lipinski definition) is 1. The molecular formula is C20H26ClN3O+2. The van der Waals surface area contributed by atoms with Crippen LogP contribution in [0.3, 0.4) is 0 Å². The van der Waals surface area contributed by atoms with Gasteiger partial charge < -0.3 is 15.1 Å². The van der Waals surface area contributed by atoms with E-state index in [9.17, 15) is 4.79 Å². The van der Waals surface area contributed by atoms with Crippen molar-refractivity contribution >= 4 is 17.5 Å². The quantitative estimate of drug-likeness (QED) is 0.664. The van der Waals surface area contributed by atoms with Crippen molar-refractivity contribution in [1.29, 1.82) is 0 Å². The van der Waals surface area contributed by atoms with Gasteiger partial charge in [-0.05, 0) is 17.7 Å². The summed E-state index contributed by atoms with van der Waals surface area (Å²) in [6.07, 6.45) is 0. The summed E-state index contributed by atoms with van der Waals surface area (Å²) in [5.41, 5.74) is 2.42. The first-order valence-electron chi connectivity index (χ1n) is 8.91. The van der Waals surface area contributed by atoms with Crippen LogP contribution in [0.2, 0.25) is 5.02 Å². The predicted octanol–water partition coefficient (Wildman–Crippen LogP) is -0.0602. The molecule has 2 aromatic carbocycles. The van der Waals surface area contributed by atoms with E-state index in [0.717, 1.165) is 38.3 Å². The van der Waals surface area contributed by atoms with Gasteiger partial charge in [0.25, 0.3) is 5.91 Å². The summed E-state index contributed by atoms with van der Waals surface area (Å²) in [6.45, 7) is 6.50. The van der Waals surface area contributed by atoms with E-state index in [2.05, 4.69) is 35.6 Å². The number of carbonyl (C=O) groups excluding carboxylic acids is 1. The maximum Gasteiger partial charge on any atom is 0.275 e. The molecule has 0 unspecified atom stereocenters. The molecule has 0 atom stereocenters. The molecular weight excluding hydrogens is 334 g/mol. The molecule has 0 radical (unpaired) electrons. The summed E-state index contributed by atoms with van der Waals surface area (Å²) >= 11 is 5.97. The Bertz CT molecular complexity index is 684. The Labute approximate surface area is 154 Å². The Balaban J connectivity index is 1.37.